The van der Waals surface area contributed by atoms with Gasteiger partial charge in [-0.2, -0.15) is 5.26 Å². The average Bonchev–Trinajstić information content (AvgIpc) is 2.52. The number of hydrogen-bond acceptors (Lipinski definition) is 3. The topological polar surface area (TPSA) is 56.0 Å². The van der Waals surface area contributed by atoms with Crippen molar-refractivity contribution in [3.05, 3.63) is 70.8 Å². The van der Waals surface area contributed by atoms with E-state index in [9.17, 15) is 5.11 Å². The minimum Gasteiger partial charge on any atom is -0.387 e. The Kier molecular flexibility index (Phi) is 5.10. The van der Waals surface area contributed by atoms with E-state index in [4.69, 9.17) is 5.26 Å². The van der Waals surface area contributed by atoms with Crippen LogP contribution in [0.2, 0.25) is 0 Å². The number of rotatable bonds is 5. The highest BCUT2D eigenvalue weighted by atomic mass is 16.3. The van der Waals surface area contributed by atoms with Crippen LogP contribution in [-0.4, -0.2) is 11.7 Å². The molecule has 1 unspecified atom stereocenters. The maximum atomic E-state index is 10.2. The molecule has 3 heteroatoms. The van der Waals surface area contributed by atoms with Gasteiger partial charge in [-0.15, -0.1) is 0 Å². The first-order chi connectivity index (χ1) is 10.1. The Balaban J connectivity index is 1.94. The molecule has 0 aliphatic carbocycles. The lowest BCUT2D eigenvalue weighted by Crippen LogP contribution is -2.24. The Morgan fingerprint density at radius 1 is 1.14 bits per heavy atom. The van der Waals surface area contributed by atoms with Crippen molar-refractivity contribution in [3.63, 3.8) is 0 Å². The molecule has 0 heterocycles. The second-order valence-corrected chi connectivity index (χ2v) is 5.29. The second kappa shape index (κ2) is 7.03. The normalized spacial score (nSPS) is 13.4. The largest absolute Gasteiger partial charge is 0.387 e. The number of hydrogen-bond donors (Lipinski definition) is 2. The summed E-state index contributed by atoms with van der Waals surface area (Å²) in [5.74, 6) is 0. The number of aliphatic hydroxyl groups excluding tert-OH is 1. The lowest BCUT2D eigenvalue weighted by atomic mass is 10.0. The van der Waals surface area contributed by atoms with Crippen LogP contribution in [0, 0.1) is 18.3 Å². The molecule has 2 aromatic rings. The fourth-order valence-electron chi connectivity index (χ4n) is 2.24. The molecule has 3 nitrogen and oxygen atoms in total. The number of aliphatic hydroxyl groups is 1. The maximum Gasteiger partial charge on any atom is 0.0991 e. The molecule has 0 aliphatic rings. The standard InChI is InChI=1S/C18H20N2O/c1-13-4-3-5-17(10-13)14(2)20-12-18(21)16-8-6-15(11-19)7-9-16/h3-10,14,18,20-21H,12H2,1-2H3/t14-,18?/m0/s1. The summed E-state index contributed by atoms with van der Waals surface area (Å²) in [7, 11) is 0. The summed E-state index contributed by atoms with van der Waals surface area (Å²) in [6, 6.07) is 17.6. The van der Waals surface area contributed by atoms with Gasteiger partial charge in [0.15, 0.2) is 0 Å². The highest BCUT2D eigenvalue weighted by molar-refractivity contribution is 5.32. The number of nitrogens with one attached hydrogen (secondary N) is 1. The molecule has 2 rings (SSSR count). The minimum atomic E-state index is -0.579. The molecule has 0 aromatic heterocycles. The van der Waals surface area contributed by atoms with Gasteiger partial charge in [0.2, 0.25) is 0 Å². The Hall–Kier alpha value is -2.15. The fraction of sp³-hybridized carbons (Fsp3) is 0.278. The summed E-state index contributed by atoms with van der Waals surface area (Å²) in [4.78, 5) is 0. The molecule has 0 radical (unpaired) electrons. The van der Waals surface area contributed by atoms with Crippen LogP contribution in [0.1, 0.15) is 41.3 Å². The molecule has 0 spiro atoms. The number of nitriles is 1. The summed E-state index contributed by atoms with van der Waals surface area (Å²) in [5.41, 5.74) is 3.86. The van der Waals surface area contributed by atoms with Crippen LogP contribution >= 0.6 is 0 Å². The first kappa shape index (κ1) is 15.2. The van der Waals surface area contributed by atoms with Gasteiger partial charge >= 0.3 is 0 Å². The van der Waals surface area contributed by atoms with Crippen LogP contribution in [0.25, 0.3) is 0 Å². The summed E-state index contributed by atoms with van der Waals surface area (Å²) < 4.78 is 0. The van der Waals surface area contributed by atoms with Gasteiger partial charge in [0.1, 0.15) is 0 Å². The molecule has 0 amide bonds. The first-order valence-corrected chi connectivity index (χ1v) is 7.08. The summed E-state index contributed by atoms with van der Waals surface area (Å²) in [5, 5.41) is 22.3. The summed E-state index contributed by atoms with van der Waals surface area (Å²) in [6.07, 6.45) is -0.579. The highest BCUT2D eigenvalue weighted by Crippen LogP contribution is 2.17. The van der Waals surface area contributed by atoms with E-state index in [1.165, 1.54) is 11.1 Å². The van der Waals surface area contributed by atoms with Crippen molar-refractivity contribution in [1.82, 2.24) is 5.32 Å². The van der Waals surface area contributed by atoms with E-state index in [0.717, 1.165) is 5.56 Å². The van der Waals surface area contributed by atoms with Gasteiger partial charge in [0.05, 0.1) is 17.7 Å². The molecule has 0 bridgehead atoms. The molecule has 0 fully saturated rings. The Bertz CT molecular complexity index is 628. The minimum absolute atomic E-state index is 0.179. The molecule has 108 valence electrons. The molecule has 21 heavy (non-hydrogen) atoms. The quantitative estimate of drug-likeness (QED) is 0.884. The van der Waals surface area contributed by atoms with E-state index >= 15 is 0 Å². The van der Waals surface area contributed by atoms with Crippen molar-refractivity contribution >= 4 is 0 Å². The fourth-order valence-corrected chi connectivity index (χ4v) is 2.24. The Morgan fingerprint density at radius 3 is 2.48 bits per heavy atom. The molecule has 2 atom stereocenters. The molecule has 0 aliphatic heterocycles. The average molecular weight is 280 g/mol. The molecule has 2 N–H and O–H groups in total. The third-order valence-corrected chi connectivity index (χ3v) is 3.58. The molecular formula is C18H20N2O. The lowest BCUT2D eigenvalue weighted by molar-refractivity contribution is 0.171. The molecule has 0 saturated carbocycles. The van der Waals surface area contributed by atoms with E-state index < -0.39 is 6.10 Å². The van der Waals surface area contributed by atoms with Gasteiger partial charge in [-0.1, -0.05) is 42.0 Å². The van der Waals surface area contributed by atoms with Crippen LogP contribution in [-0.2, 0) is 0 Å². The Labute approximate surface area is 125 Å². The predicted molar refractivity (Wildman–Crippen MR) is 83.7 cm³/mol. The van der Waals surface area contributed by atoms with Gasteiger partial charge in [0.25, 0.3) is 0 Å². The van der Waals surface area contributed by atoms with Crippen molar-refractivity contribution in [2.75, 3.05) is 6.54 Å². The third-order valence-electron chi connectivity index (χ3n) is 3.58. The molecular weight excluding hydrogens is 260 g/mol. The smallest absolute Gasteiger partial charge is 0.0991 e. The lowest BCUT2D eigenvalue weighted by Gasteiger charge is -2.18. The Morgan fingerprint density at radius 2 is 1.86 bits per heavy atom. The van der Waals surface area contributed by atoms with Crippen LogP contribution in [0.4, 0.5) is 0 Å². The zero-order chi connectivity index (χ0) is 15.2. The van der Waals surface area contributed by atoms with Crippen molar-refractivity contribution < 1.29 is 5.11 Å². The molecule has 0 saturated heterocycles. The van der Waals surface area contributed by atoms with Crippen molar-refractivity contribution in [3.8, 4) is 6.07 Å². The second-order valence-electron chi connectivity index (χ2n) is 5.29. The third kappa shape index (κ3) is 4.16. The van der Waals surface area contributed by atoms with Crippen LogP contribution < -0.4 is 5.32 Å². The number of aryl methyl sites for hydroxylation is 1. The van der Waals surface area contributed by atoms with Gasteiger partial charge in [-0.25, -0.2) is 0 Å². The van der Waals surface area contributed by atoms with Crippen molar-refractivity contribution in [2.45, 2.75) is 26.0 Å². The first-order valence-electron chi connectivity index (χ1n) is 7.08. The number of benzene rings is 2. The van der Waals surface area contributed by atoms with E-state index in [-0.39, 0.29) is 6.04 Å². The summed E-state index contributed by atoms with van der Waals surface area (Å²) in [6.45, 7) is 4.63. The van der Waals surface area contributed by atoms with Gasteiger partial charge < -0.3 is 10.4 Å². The zero-order valence-electron chi connectivity index (χ0n) is 12.4. The zero-order valence-corrected chi connectivity index (χ0v) is 12.4. The number of nitrogens with zero attached hydrogens (tertiary/aromatic N) is 1. The van der Waals surface area contributed by atoms with E-state index in [1.807, 2.05) is 6.07 Å². The highest BCUT2D eigenvalue weighted by Gasteiger charge is 2.10. The van der Waals surface area contributed by atoms with E-state index in [2.05, 4.69) is 43.4 Å². The van der Waals surface area contributed by atoms with E-state index in [1.54, 1.807) is 24.3 Å². The van der Waals surface area contributed by atoms with Crippen molar-refractivity contribution in [2.24, 2.45) is 0 Å². The van der Waals surface area contributed by atoms with Gasteiger partial charge in [-0.05, 0) is 37.1 Å². The monoisotopic (exact) mass is 280 g/mol. The van der Waals surface area contributed by atoms with Crippen LogP contribution in [0.5, 0.6) is 0 Å². The van der Waals surface area contributed by atoms with Gasteiger partial charge in [0, 0.05) is 12.6 Å². The predicted octanol–water partition coefficient (Wildman–Crippen LogP) is 3.25. The SMILES string of the molecule is Cc1cccc([C@H](C)NCC(O)c2ccc(C#N)cc2)c1. The van der Waals surface area contributed by atoms with E-state index in [0.29, 0.717) is 12.1 Å². The van der Waals surface area contributed by atoms with Crippen LogP contribution in [0.15, 0.2) is 48.5 Å². The molecule has 2 aromatic carbocycles. The summed E-state index contributed by atoms with van der Waals surface area (Å²) >= 11 is 0. The van der Waals surface area contributed by atoms with Gasteiger partial charge in [-0.3, -0.25) is 0 Å². The van der Waals surface area contributed by atoms with Crippen LogP contribution in [0.3, 0.4) is 0 Å². The van der Waals surface area contributed by atoms with Crippen molar-refractivity contribution in [1.29, 1.82) is 5.26 Å². The maximum absolute atomic E-state index is 10.2.